The van der Waals surface area contributed by atoms with E-state index in [9.17, 15) is 4.39 Å². The lowest BCUT2D eigenvalue weighted by Crippen LogP contribution is -2.40. The Bertz CT molecular complexity index is 456. The summed E-state index contributed by atoms with van der Waals surface area (Å²) in [5.41, 5.74) is 0.993. The van der Waals surface area contributed by atoms with E-state index in [0.29, 0.717) is 18.3 Å². The van der Waals surface area contributed by atoms with Crippen LogP contribution in [0.1, 0.15) is 18.0 Å². The van der Waals surface area contributed by atoms with Gasteiger partial charge in [-0.25, -0.2) is 4.39 Å². The normalized spacial score (nSPS) is 17.7. The lowest BCUT2D eigenvalue weighted by molar-refractivity contribution is 0.204. The fourth-order valence-electron chi connectivity index (χ4n) is 1.99. The zero-order valence-corrected chi connectivity index (χ0v) is 12.4. The van der Waals surface area contributed by atoms with E-state index in [0.717, 1.165) is 22.6 Å². The van der Waals surface area contributed by atoms with Crippen molar-refractivity contribution in [2.24, 2.45) is 0 Å². The molecule has 0 radical (unpaired) electrons. The molecule has 0 saturated heterocycles. The molecule has 0 saturated carbocycles. The van der Waals surface area contributed by atoms with Crippen LogP contribution in [0.3, 0.4) is 0 Å². The second-order valence-corrected chi connectivity index (χ2v) is 5.81. The number of fused-ring (bicyclic) bond motifs is 1. The topological polar surface area (TPSA) is 33.3 Å². The minimum Gasteiger partial charge on any atom is -0.383 e. The Balaban J connectivity index is 1.99. The highest BCUT2D eigenvalue weighted by Gasteiger charge is 2.21. The van der Waals surface area contributed by atoms with Gasteiger partial charge in [-0.05, 0) is 42.4 Å². The van der Waals surface area contributed by atoms with Crippen LogP contribution in [0.2, 0.25) is 0 Å². The number of methoxy groups -OCH3 is 1. The first kappa shape index (κ1) is 14.6. The lowest BCUT2D eigenvalue weighted by atomic mass is 10.0. The fraction of sp³-hybridized carbons (Fsp3) is 0.462. The summed E-state index contributed by atoms with van der Waals surface area (Å²) in [5, 5.41) is 6.90. The molecule has 6 heteroatoms. The third-order valence-electron chi connectivity index (χ3n) is 2.91. The Morgan fingerprint density at radius 1 is 1.58 bits per heavy atom. The highest BCUT2D eigenvalue weighted by atomic mass is 32.2. The second-order valence-electron chi connectivity index (χ2n) is 4.26. The first-order chi connectivity index (χ1) is 9.20. The molecule has 0 aromatic heterocycles. The quantitative estimate of drug-likeness (QED) is 0.659. The SMILES string of the molecule is COCCNC(=S)N[C@@H]1CCSc2ccc(F)cc21. The molecule has 2 N–H and O–H groups in total. The number of ether oxygens (including phenoxy) is 1. The van der Waals surface area contributed by atoms with E-state index >= 15 is 0 Å². The summed E-state index contributed by atoms with van der Waals surface area (Å²) in [6.45, 7) is 1.27. The summed E-state index contributed by atoms with van der Waals surface area (Å²) in [6.07, 6.45) is 0.938. The largest absolute Gasteiger partial charge is 0.383 e. The van der Waals surface area contributed by atoms with Crippen molar-refractivity contribution in [2.45, 2.75) is 17.4 Å². The predicted octanol–water partition coefficient (Wildman–Crippen LogP) is 2.47. The maximum Gasteiger partial charge on any atom is 0.166 e. The minimum absolute atomic E-state index is 0.0782. The molecule has 3 nitrogen and oxygen atoms in total. The maximum atomic E-state index is 13.4. The van der Waals surface area contributed by atoms with Gasteiger partial charge in [-0.1, -0.05) is 0 Å². The molecule has 1 atom stereocenters. The first-order valence-corrected chi connectivity index (χ1v) is 7.55. The number of nitrogens with one attached hydrogen (secondary N) is 2. The molecule has 0 unspecified atom stereocenters. The van der Waals surface area contributed by atoms with Crippen LogP contribution in [-0.2, 0) is 4.74 Å². The lowest BCUT2D eigenvalue weighted by Gasteiger charge is -2.27. The molecule has 1 aliphatic rings. The van der Waals surface area contributed by atoms with Crippen molar-refractivity contribution in [2.75, 3.05) is 26.0 Å². The van der Waals surface area contributed by atoms with Crippen LogP contribution in [0.25, 0.3) is 0 Å². The molecule has 1 aromatic carbocycles. The summed E-state index contributed by atoms with van der Waals surface area (Å²) in [4.78, 5) is 1.13. The molecule has 104 valence electrons. The number of hydrogen-bond donors (Lipinski definition) is 2. The number of halogens is 1. The summed E-state index contributed by atoms with van der Waals surface area (Å²) >= 11 is 6.99. The number of thiocarbonyl (C=S) groups is 1. The van der Waals surface area contributed by atoms with Gasteiger partial charge in [0.05, 0.1) is 12.6 Å². The molecule has 1 aliphatic heterocycles. The van der Waals surface area contributed by atoms with Crippen molar-refractivity contribution < 1.29 is 9.13 Å². The third kappa shape index (κ3) is 4.06. The zero-order chi connectivity index (χ0) is 13.7. The van der Waals surface area contributed by atoms with Crippen LogP contribution in [0.5, 0.6) is 0 Å². The highest BCUT2D eigenvalue weighted by molar-refractivity contribution is 7.99. The Morgan fingerprint density at radius 2 is 2.42 bits per heavy atom. The van der Waals surface area contributed by atoms with Gasteiger partial charge in [-0.15, -0.1) is 11.8 Å². The van der Waals surface area contributed by atoms with Gasteiger partial charge in [0.1, 0.15) is 5.82 Å². The highest BCUT2D eigenvalue weighted by Crippen LogP contribution is 2.36. The van der Waals surface area contributed by atoms with E-state index in [1.54, 1.807) is 24.9 Å². The molecular weight excluding hydrogens is 283 g/mol. The fourth-order valence-corrected chi connectivity index (χ4v) is 3.34. The van der Waals surface area contributed by atoms with Gasteiger partial charge in [0, 0.05) is 24.3 Å². The standard InChI is InChI=1S/C13H17FN2OS2/c1-17-6-5-15-13(18)16-11-4-7-19-12-3-2-9(14)8-10(11)12/h2-3,8,11H,4-7H2,1H3,(H2,15,16,18)/t11-/m1/s1. The van der Waals surface area contributed by atoms with Gasteiger partial charge in [0.2, 0.25) is 0 Å². The zero-order valence-electron chi connectivity index (χ0n) is 10.7. The number of hydrogen-bond acceptors (Lipinski definition) is 3. The van der Waals surface area contributed by atoms with Crippen LogP contribution in [0.15, 0.2) is 23.1 Å². The van der Waals surface area contributed by atoms with Crippen molar-refractivity contribution in [1.82, 2.24) is 10.6 Å². The second kappa shape index (κ2) is 7.07. The number of rotatable bonds is 4. The molecule has 0 spiro atoms. The number of benzene rings is 1. The minimum atomic E-state index is -0.202. The van der Waals surface area contributed by atoms with E-state index in [2.05, 4.69) is 10.6 Å². The Morgan fingerprint density at radius 3 is 3.21 bits per heavy atom. The van der Waals surface area contributed by atoms with E-state index < -0.39 is 0 Å². The van der Waals surface area contributed by atoms with Crippen molar-refractivity contribution in [1.29, 1.82) is 0 Å². The summed E-state index contributed by atoms with van der Waals surface area (Å²) < 4.78 is 18.3. The van der Waals surface area contributed by atoms with Crippen molar-refractivity contribution >= 4 is 29.1 Å². The van der Waals surface area contributed by atoms with Crippen LogP contribution in [0.4, 0.5) is 4.39 Å². The average molecular weight is 300 g/mol. The van der Waals surface area contributed by atoms with Crippen LogP contribution < -0.4 is 10.6 Å². The number of thioether (sulfide) groups is 1. The first-order valence-electron chi connectivity index (χ1n) is 6.16. The van der Waals surface area contributed by atoms with Crippen LogP contribution in [-0.4, -0.2) is 31.1 Å². The van der Waals surface area contributed by atoms with Crippen molar-refractivity contribution in [3.8, 4) is 0 Å². The molecule has 0 fully saturated rings. The van der Waals surface area contributed by atoms with Crippen molar-refractivity contribution in [3.63, 3.8) is 0 Å². The third-order valence-corrected chi connectivity index (χ3v) is 4.29. The van der Waals surface area contributed by atoms with E-state index in [1.165, 1.54) is 6.07 Å². The smallest absolute Gasteiger partial charge is 0.166 e. The monoisotopic (exact) mass is 300 g/mol. The van der Waals surface area contributed by atoms with Gasteiger partial charge >= 0.3 is 0 Å². The Kier molecular flexibility index (Phi) is 5.42. The van der Waals surface area contributed by atoms with Crippen LogP contribution in [0, 0.1) is 5.82 Å². The Labute approximate surface area is 122 Å². The molecule has 0 bridgehead atoms. The van der Waals surface area contributed by atoms with Gasteiger partial charge in [0.25, 0.3) is 0 Å². The van der Waals surface area contributed by atoms with E-state index in [-0.39, 0.29) is 11.9 Å². The summed E-state index contributed by atoms with van der Waals surface area (Å²) in [5.74, 6) is 0.808. The molecule has 1 aromatic rings. The van der Waals surface area contributed by atoms with Crippen LogP contribution >= 0.6 is 24.0 Å². The predicted molar refractivity (Wildman–Crippen MR) is 80.1 cm³/mol. The van der Waals surface area contributed by atoms with Gasteiger partial charge in [-0.2, -0.15) is 0 Å². The summed E-state index contributed by atoms with van der Waals surface area (Å²) in [6, 6.07) is 5.01. The van der Waals surface area contributed by atoms with Gasteiger partial charge in [0.15, 0.2) is 5.11 Å². The molecule has 1 heterocycles. The summed E-state index contributed by atoms with van der Waals surface area (Å²) in [7, 11) is 1.65. The average Bonchev–Trinajstić information content (AvgIpc) is 2.40. The molecule has 0 aliphatic carbocycles. The molecule has 19 heavy (non-hydrogen) atoms. The van der Waals surface area contributed by atoms with E-state index in [4.69, 9.17) is 17.0 Å². The molecule has 0 amide bonds. The van der Waals surface area contributed by atoms with Gasteiger partial charge < -0.3 is 15.4 Å². The van der Waals surface area contributed by atoms with Crippen molar-refractivity contribution in [3.05, 3.63) is 29.6 Å². The molecule has 2 rings (SSSR count). The maximum absolute atomic E-state index is 13.4. The van der Waals surface area contributed by atoms with E-state index in [1.807, 2.05) is 6.07 Å². The van der Waals surface area contributed by atoms with Gasteiger partial charge in [-0.3, -0.25) is 0 Å². The molecular formula is C13H17FN2OS2. The Hall–Kier alpha value is -0.850.